The Bertz CT molecular complexity index is 821. The van der Waals surface area contributed by atoms with Gasteiger partial charge in [-0.25, -0.2) is 0 Å². The highest BCUT2D eigenvalue weighted by Crippen LogP contribution is 2.19. The maximum atomic E-state index is 5.22. The van der Waals surface area contributed by atoms with Crippen LogP contribution in [0.5, 0.6) is 0 Å². The fourth-order valence-corrected chi connectivity index (χ4v) is 2.47. The first kappa shape index (κ1) is 14.3. The maximum Gasteiger partial charge on any atom is 0.191 e. The van der Waals surface area contributed by atoms with E-state index >= 15 is 0 Å². The van der Waals surface area contributed by atoms with Crippen LogP contribution in [0.4, 0.5) is 5.69 Å². The van der Waals surface area contributed by atoms with Crippen LogP contribution in [0.1, 0.15) is 11.3 Å². The largest absolute Gasteiger partial charge is 0.358 e. The third kappa shape index (κ3) is 3.15. The quantitative estimate of drug-likeness (QED) is 0.392. The minimum atomic E-state index is 0.458. The van der Waals surface area contributed by atoms with Crippen LogP contribution in [-0.4, -0.2) is 16.3 Å². The predicted molar refractivity (Wildman–Crippen MR) is 96.4 cm³/mol. The van der Waals surface area contributed by atoms with E-state index in [2.05, 4.69) is 33.0 Å². The number of aromatic nitrogens is 1. The van der Waals surface area contributed by atoms with Crippen molar-refractivity contribution >= 4 is 40.1 Å². The second kappa shape index (κ2) is 6.41. The Morgan fingerprint density at radius 2 is 1.82 bits per heavy atom. The molecule has 3 aromatic rings. The molecule has 0 saturated carbocycles. The Morgan fingerprint density at radius 3 is 2.64 bits per heavy atom. The zero-order valence-corrected chi connectivity index (χ0v) is 12.9. The normalized spacial score (nSPS) is 11.0. The van der Waals surface area contributed by atoms with E-state index in [0.717, 1.165) is 27.8 Å². The van der Waals surface area contributed by atoms with E-state index < -0.39 is 0 Å². The molecule has 0 radical (unpaired) electrons. The van der Waals surface area contributed by atoms with E-state index in [1.165, 1.54) is 0 Å². The highest BCUT2D eigenvalue weighted by molar-refractivity contribution is 7.80. The molecule has 0 saturated heterocycles. The first-order valence-electron chi connectivity index (χ1n) is 6.96. The Hall–Kier alpha value is -2.66. The number of nitrogens with one attached hydrogen (secondary N) is 3. The number of hydrogen-bond donors (Lipinski definition) is 3. The molecule has 0 unspecified atom stereocenters. The monoisotopic (exact) mass is 308 g/mol. The average Bonchev–Trinajstić information content (AvgIpc) is 2.84. The molecule has 5 heteroatoms. The molecule has 22 heavy (non-hydrogen) atoms. The molecule has 0 spiro atoms. The van der Waals surface area contributed by atoms with Crippen LogP contribution in [0.2, 0.25) is 0 Å². The molecule has 0 amide bonds. The summed E-state index contributed by atoms with van der Waals surface area (Å²) in [5, 5.41) is 8.90. The molecule has 2 aromatic carbocycles. The van der Waals surface area contributed by atoms with Gasteiger partial charge in [0.1, 0.15) is 0 Å². The van der Waals surface area contributed by atoms with Gasteiger partial charge in [0, 0.05) is 27.8 Å². The van der Waals surface area contributed by atoms with E-state index in [1.807, 2.05) is 49.4 Å². The first-order chi connectivity index (χ1) is 10.7. The molecule has 0 fully saturated rings. The topological polar surface area (TPSA) is 52.2 Å². The van der Waals surface area contributed by atoms with Crippen molar-refractivity contribution < 1.29 is 0 Å². The van der Waals surface area contributed by atoms with Gasteiger partial charge < -0.3 is 10.3 Å². The van der Waals surface area contributed by atoms with Gasteiger partial charge in [-0.05, 0) is 37.3 Å². The van der Waals surface area contributed by atoms with Crippen LogP contribution in [0, 0.1) is 6.92 Å². The van der Waals surface area contributed by atoms with Crippen LogP contribution < -0.4 is 10.7 Å². The van der Waals surface area contributed by atoms with Gasteiger partial charge in [0.2, 0.25) is 0 Å². The Kier molecular flexibility index (Phi) is 4.16. The SMILES string of the molecule is Cc1[nH]c2ccccc2c1/C=N/NC(=S)Nc1ccccc1. The molecule has 0 aliphatic carbocycles. The van der Waals surface area contributed by atoms with Gasteiger partial charge in [-0.15, -0.1) is 0 Å². The van der Waals surface area contributed by atoms with Gasteiger partial charge in [0.25, 0.3) is 0 Å². The molecule has 1 aromatic heterocycles. The summed E-state index contributed by atoms with van der Waals surface area (Å²) in [6.45, 7) is 2.03. The summed E-state index contributed by atoms with van der Waals surface area (Å²) in [5.41, 5.74) is 7.01. The van der Waals surface area contributed by atoms with E-state index in [1.54, 1.807) is 6.21 Å². The molecule has 110 valence electrons. The smallest absolute Gasteiger partial charge is 0.191 e. The van der Waals surface area contributed by atoms with Crippen molar-refractivity contribution in [2.24, 2.45) is 5.10 Å². The summed E-state index contributed by atoms with van der Waals surface area (Å²) in [7, 11) is 0. The number of benzene rings is 2. The van der Waals surface area contributed by atoms with Crippen molar-refractivity contribution in [3.05, 3.63) is 65.9 Å². The number of thiocarbonyl (C=S) groups is 1. The number of hydrogen-bond acceptors (Lipinski definition) is 2. The standard InChI is InChI=1S/C17H16N4S/c1-12-15(14-9-5-6-10-16(14)19-12)11-18-21-17(22)20-13-7-3-2-4-8-13/h2-11,19H,1H3,(H2,20,21,22)/b18-11+. The number of nitrogens with zero attached hydrogens (tertiary/aromatic N) is 1. The van der Waals surface area contributed by atoms with Crippen molar-refractivity contribution in [1.29, 1.82) is 0 Å². The number of rotatable bonds is 3. The summed E-state index contributed by atoms with van der Waals surface area (Å²) < 4.78 is 0. The van der Waals surface area contributed by atoms with E-state index in [0.29, 0.717) is 5.11 Å². The number of anilines is 1. The second-order valence-electron chi connectivity index (χ2n) is 4.90. The van der Waals surface area contributed by atoms with Crippen LogP contribution in [0.25, 0.3) is 10.9 Å². The minimum absolute atomic E-state index is 0.458. The third-order valence-corrected chi connectivity index (χ3v) is 3.53. The number of aromatic amines is 1. The fourth-order valence-electron chi connectivity index (χ4n) is 2.30. The highest BCUT2D eigenvalue weighted by atomic mass is 32.1. The molecule has 4 nitrogen and oxygen atoms in total. The molecule has 3 rings (SSSR count). The summed E-state index contributed by atoms with van der Waals surface area (Å²) in [6.07, 6.45) is 1.78. The second-order valence-corrected chi connectivity index (χ2v) is 5.31. The molecule has 3 N–H and O–H groups in total. The molecule has 1 heterocycles. The number of hydrazone groups is 1. The molecular weight excluding hydrogens is 292 g/mol. The van der Waals surface area contributed by atoms with E-state index in [4.69, 9.17) is 12.2 Å². The van der Waals surface area contributed by atoms with Crippen molar-refractivity contribution in [3.63, 3.8) is 0 Å². The molecule has 0 bridgehead atoms. The van der Waals surface area contributed by atoms with Crippen molar-refractivity contribution in [2.75, 3.05) is 5.32 Å². The number of fused-ring (bicyclic) bond motifs is 1. The lowest BCUT2D eigenvalue weighted by Crippen LogP contribution is -2.23. The van der Waals surface area contributed by atoms with Crippen LogP contribution >= 0.6 is 12.2 Å². The lowest BCUT2D eigenvalue weighted by atomic mass is 10.1. The lowest BCUT2D eigenvalue weighted by Gasteiger charge is -2.06. The first-order valence-corrected chi connectivity index (χ1v) is 7.37. The summed E-state index contributed by atoms with van der Waals surface area (Å²) in [5.74, 6) is 0. The molecule has 0 atom stereocenters. The van der Waals surface area contributed by atoms with Crippen molar-refractivity contribution in [3.8, 4) is 0 Å². The van der Waals surface area contributed by atoms with Gasteiger partial charge >= 0.3 is 0 Å². The van der Waals surface area contributed by atoms with E-state index in [9.17, 15) is 0 Å². The van der Waals surface area contributed by atoms with Gasteiger partial charge in [-0.3, -0.25) is 5.43 Å². The predicted octanol–water partition coefficient (Wildman–Crippen LogP) is 3.80. The van der Waals surface area contributed by atoms with E-state index in [-0.39, 0.29) is 0 Å². The Balaban J connectivity index is 1.69. The number of para-hydroxylation sites is 2. The maximum absolute atomic E-state index is 5.22. The minimum Gasteiger partial charge on any atom is -0.358 e. The van der Waals surface area contributed by atoms with Gasteiger partial charge in [-0.1, -0.05) is 36.4 Å². The Labute approximate surface area is 134 Å². The van der Waals surface area contributed by atoms with Crippen LogP contribution in [0.3, 0.4) is 0 Å². The fraction of sp³-hybridized carbons (Fsp3) is 0.0588. The van der Waals surface area contributed by atoms with Gasteiger partial charge in [0.15, 0.2) is 5.11 Å². The third-order valence-electron chi connectivity index (χ3n) is 3.33. The zero-order chi connectivity index (χ0) is 15.4. The Morgan fingerprint density at radius 1 is 1.09 bits per heavy atom. The number of aryl methyl sites for hydroxylation is 1. The van der Waals surface area contributed by atoms with Crippen molar-refractivity contribution in [2.45, 2.75) is 6.92 Å². The summed E-state index contributed by atoms with van der Waals surface area (Å²) in [4.78, 5) is 3.34. The van der Waals surface area contributed by atoms with Crippen LogP contribution in [-0.2, 0) is 0 Å². The van der Waals surface area contributed by atoms with Crippen LogP contribution in [0.15, 0.2) is 59.7 Å². The molecular formula is C17H16N4S. The van der Waals surface area contributed by atoms with Gasteiger partial charge in [-0.2, -0.15) is 5.10 Å². The number of H-pyrrole nitrogens is 1. The highest BCUT2D eigenvalue weighted by Gasteiger charge is 2.05. The summed E-state index contributed by atoms with van der Waals surface area (Å²) in [6, 6.07) is 17.9. The van der Waals surface area contributed by atoms with Crippen molar-refractivity contribution in [1.82, 2.24) is 10.4 Å². The molecule has 0 aliphatic rings. The van der Waals surface area contributed by atoms with Gasteiger partial charge in [0.05, 0.1) is 6.21 Å². The zero-order valence-electron chi connectivity index (χ0n) is 12.1. The molecule has 0 aliphatic heterocycles. The summed E-state index contributed by atoms with van der Waals surface area (Å²) >= 11 is 5.22. The lowest BCUT2D eigenvalue weighted by molar-refractivity contribution is 1.05. The average molecular weight is 308 g/mol.